The number of ketones is 1. The van der Waals surface area contributed by atoms with E-state index in [0.717, 1.165) is 5.56 Å². The van der Waals surface area contributed by atoms with Crippen molar-refractivity contribution in [1.82, 2.24) is 4.98 Å². The van der Waals surface area contributed by atoms with Gasteiger partial charge in [-0.2, -0.15) is 5.26 Å². The van der Waals surface area contributed by atoms with E-state index in [1.165, 1.54) is 14.0 Å². The quantitative estimate of drug-likeness (QED) is 0.611. The summed E-state index contributed by atoms with van der Waals surface area (Å²) in [5, 5.41) is 9.01. The van der Waals surface area contributed by atoms with Crippen LogP contribution in [0.25, 0.3) is 5.03 Å². The van der Waals surface area contributed by atoms with Crippen molar-refractivity contribution in [3.05, 3.63) is 29.0 Å². The van der Waals surface area contributed by atoms with Crippen molar-refractivity contribution in [2.45, 2.75) is 13.8 Å². The largest absolute Gasteiger partial charge is 0.481 e. The van der Waals surface area contributed by atoms with E-state index in [4.69, 9.17) is 21.6 Å². The van der Waals surface area contributed by atoms with Crippen molar-refractivity contribution >= 4 is 22.4 Å². The maximum Gasteiger partial charge on any atom is 0.213 e. The van der Waals surface area contributed by atoms with Gasteiger partial charge in [-0.3, -0.25) is 4.79 Å². The average Bonchev–Trinajstić information content (AvgIpc) is 2.30. The topological polar surface area (TPSA) is 63.0 Å². The molecule has 17 heavy (non-hydrogen) atoms. The zero-order valence-corrected chi connectivity index (χ0v) is 10.5. The van der Waals surface area contributed by atoms with E-state index < -0.39 is 0 Å². The van der Waals surface area contributed by atoms with Crippen molar-refractivity contribution in [2.75, 3.05) is 7.11 Å². The molecular weight excluding hydrogens is 240 g/mol. The lowest BCUT2D eigenvalue weighted by Gasteiger charge is -2.07. The molecule has 0 aromatic carbocycles. The summed E-state index contributed by atoms with van der Waals surface area (Å²) < 4.78 is 4.97. The number of ether oxygens (including phenoxy) is 1. The van der Waals surface area contributed by atoms with Crippen LogP contribution in [0.5, 0.6) is 5.88 Å². The predicted octanol–water partition coefficient (Wildman–Crippen LogP) is 2.46. The molecule has 0 fully saturated rings. The number of carbonyl (C=O) groups excluding carboxylic acids is 1. The van der Waals surface area contributed by atoms with Crippen LogP contribution in [-0.4, -0.2) is 17.9 Å². The van der Waals surface area contributed by atoms with E-state index in [-0.39, 0.29) is 16.4 Å². The van der Waals surface area contributed by atoms with Gasteiger partial charge in [-0.15, -0.1) is 0 Å². The molecule has 0 unspecified atom stereocenters. The summed E-state index contributed by atoms with van der Waals surface area (Å²) in [5.41, 5.74) is 1.28. The number of hydrogen-bond donors (Lipinski definition) is 0. The minimum Gasteiger partial charge on any atom is -0.481 e. The Morgan fingerprint density at radius 2 is 2.24 bits per heavy atom. The fraction of sp³-hybridized carbons (Fsp3) is 0.250. The number of allylic oxidation sites excluding steroid dienone is 1. The van der Waals surface area contributed by atoms with Gasteiger partial charge in [0, 0.05) is 17.8 Å². The summed E-state index contributed by atoms with van der Waals surface area (Å²) in [5.74, 6) is 0.0114. The van der Waals surface area contributed by atoms with Crippen LogP contribution in [0.4, 0.5) is 0 Å². The molecule has 0 bridgehead atoms. The Morgan fingerprint density at radius 1 is 1.59 bits per heavy atom. The number of hydrogen-bond acceptors (Lipinski definition) is 4. The van der Waals surface area contributed by atoms with Gasteiger partial charge in [0.2, 0.25) is 5.88 Å². The highest BCUT2D eigenvalue weighted by Crippen LogP contribution is 2.28. The van der Waals surface area contributed by atoms with Crippen LogP contribution in [0.2, 0.25) is 0 Å². The third kappa shape index (κ3) is 2.83. The highest BCUT2D eigenvalue weighted by molar-refractivity contribution is 6.51. The second-order valence-corrected chi connectivity index (χ2v) is 3.78. The summed E-state index contributed by atoms with van der Waals surface area (Å²) in [7, 11) is 1.48. The Morgan fingerprint density at radius 3 is 2.71 bits per heavy atom. The maximum atomic E-state index is 11.2. The highest BCUT2D eigenvalue weighted by Gasteiger charge is 2.14. The standard InChI is InChI=1S/C12H11ClN2O2/c1-7-6-15-11(17-3)4-9(7)12(13)10(5-14)8(2)16/h4,6H,1-3H3/b12-10+. The van der Waals surface area contributed by atoms with Gasteiger partial charge >= 0.3 is 0 Å². The molecule has 88 valence electrons. The molecule has 1 aromatic rings. The maximum absolute atomic E-state index is 11.2. The van der Waals surface area contributed by atoms with Crippen LogP contribution in [0.1, 0.15) is 18.1 Å². The molecule has 0 aliphatic rings. The smallest absolute Gasteiger partial charge is 0.213 e. The van der Waals surface area contributed by atoms with Crippen molar-refractivity contribution < 1.29 is 9.53 Å². The number of aromatic nitrogens is 1. The summed E-state index contributed by atoms with van der Waals surface area (Å²) in [6, 6.07) is 3.40. The first-order valence-electron chi connectivity index (χ1n) is 4.83. The SMILES string of the molecule is COc1cc(/C(Cl)=C(/C#N)C(C)=O)c(C)cn1. The number of carbonyl (C=O) groups is 1. The number of aryl methyl sites for hydroxylation is 1. The molecule has 1 rings (SSSR count). The van der Waals surface area contributed by atoms with Crippen LogP contribution in [-0.2, 0) is 4.79 Å². The highest BCUT2D eigenvalue weighted by atomic mass is 35.5. The Bertz CT molecular complexity index is 530. The van der Waals surface area contributed by atoms with E-state index >= 15 is 0 Å². The zero-order valence-electron chi connectivity index (χ0n) is 9.74. The molecule has 1 aromatic heterocycles. The second kappa shape index (κ2) is 5.46. The van der Waals surface area contributed by atoms with Crippen LogP contribution in [0.3, 0.4) is 0 Å². The van der Waals surface area contributed by atoms with Crippen LogP contribution < -0.4 is 4.74 Å². The van der Waals surface area contributed by atoms with Crippen LogP contribution in [0.15, 0.2) is 17.8 Å². The fourth-order valence-electron chi connectivity index (χ4n) is 1.27. The molecule has 0 N–H and O–H groups in total. The van der Waals surface area contributed by atoms with Crippen molar-refractivity contribution in [3.63, 3.8) is 0 Å². The Hall–Kier alpha value is -1.86. The molecule has 0 spiro atoms. The molecule has 0 radical (unpaired) electrons. The van der Waals surface area contributed by atoms with Crippen LogP contribution >= 0.6 is 11.6 Å². The van der Waals surface area contributed by atoms with E-state index in [2.05, 4.69) is 4.98 Å². The number of nitrogens with zero attached hydrogens (tertiary/aromatic N) is 2. The molecule has 0 saturated heterocycles. The molecule has 0 saturated carbocycles. The number of halogens is 1. The number of nitriles is 1. The van der Waals surface area contributed by atoms with Crippen LogP contribution in [0, 0.1) is 18.3 Å². The van der Waals surface area contributed by atoms with Gasteiger partial charge in [-0.1, -0.05) is 11.6 Å². The van der Waals surface area contributed by atoms with E-state index in [1.54, 1.807) is 25.3 Å². The number of pyridine rings is 1. The van der Waals surface area contributed by atoms with Gasteiger partial charge < -0.3 is 4.74 Å². The minimum atomic E-state index is -0.368. The lowest BCUT2D eigenvalue weighted by molar-refractivity contribution is -0.113. The summed E-state index contributed by atoms with van der Waals surface area (Å²) >= 11 is 6.05. The molecule has 0 aliphatic carbocycles. The van der Waals surface area contributed by atoms with Crippen molar-refractivity contribution in [3.8, 4) is 11.9 Å². The third-order valence-electron chi connectivity index (χ3n) is 2.21. The molecule has 1 heterocycles. The average molecular weight is 251 g/mol. The molecule has 5 heteroatoms. The molecule has 4 nitrogen and oxygen atoms in total. The molecule has 0 amide bonds. The minimum absolute atomic E-state index is 0.0666. The molecule has 0 atom stereocenters. The zero-order chi connectivity index (χ0) is 13.0. The molecule has 0 aliphatic heterocycles. The van der Waals surface area contributed by atoms with Gasteiger partial charge in [0.25, 0.3) is 0 Å². The first kappa shape index (κ1) is 13.2. The fourth-order valence-corrected chi connectivity index (χ4v) is 1.65. The predicted molar refractivity (Wildman–Crippen MR) is 64.6 cm³/mol. The number of rotatable bonds is 3. The lowest BCUT2D eigenvalue weighted by atomic mass is 10.1. The van der Waals surface area contributed by atoms with Gasteiger partial charge in [-0.25, -0.2) is 4.98 Å². The summed E-state index contributed by atoms with van der Waals surface area (Å²) in [6.45, 7) is 3.09. The number of Topliss-reactive ketones (excluding diaryl/α,β-unsaturated/α-hetero) is 1. The molecular formula is C12H11ClN2O2. The summed E-state index contributed by atoms with van der Waals surface area (Å²) in [4.78, 5) is 15.2. The van der Waals surface area contributed by atoms with Gasteiger partial charge in [0.15, 0.2) is 5.78 Å². The Balaban J connectivity index is 3.43. The lowest BCUT2D eigenvalue weighted by Crippen LogP contribution is -1.99. The second-order valence-electron chi connectivity index (χ2n) is 3.40. The van der Waals surface area contributed by atoms with E-state index in [9.17, 15) is 4.79 Å². The van der Waals surface area contributed by atoms with Gasteiger partial charge in [0.1, 0.15) is 11.6 Å². The van der Waals surface area contributed by atoms with E-state index in [1.807, 2.05) is 0 Å². The van der Waals surface area contributed by atoms with Crippen molar-refractivity contribution in [1.29, 1.82) is 5.26 Å². The summed E-state index contributed by atoms with van der Waals surface area (Å²) in [6.07, 6.45) is 1.58. The normalized spacial score (nSPS) is 11.5. The Kier molecular flexibility index (Phi) is 4.24. The monoisotopic (exact) mass is 250 g/mol. The van der Waals surface area contributed by atoms with Gasteiger partial charge in [0.05, 0.1) is 12.1 Å². The van der Waals surface area contributed by atoms with E-state index in [0.29, 0.717) is 11.4 Å². The first-order chi connectivity index (χ1) is 8.01. The first-order valence-corrected chi connectivity index (χ1v) is 5.20. The number of methoxy groups -OCH3 is 1. The Labute approximate surface area is 104 Å². The third-order valence-corrected chi connectivity index (χ3v) is 2.60. The van der Waals surface area contributed by atoms with Gasteiger partial charge in [-0.05, 0) is 19.4 Å². The van der Waals surface area contributed by atoms with Crippen molar-refractivity contribution in [2.24, 2.45) is 0 Å².